The Morgan fingerprint density at radius 2 is 1.14 bits per heavy atom. The van der Waals surface area contributed by atoms with E-state index in [4.69, 9.17) is 5.11 Å². The van der Waals surface area contributed by atoms with Crippen LogP contribution in [-0.4, -0.2) is 11.1 Å². The van der Waals surface area contributed by atoms with Gasteiger partial charge < -0.3 is 5.11 Å². The van der Waals surface area contributed by atoms with Crippen molar-refractivity contribution in [2.24, 2.45) is 0 Å². The van der Waals surface area contributed by atoms with E-state index in [9.17, 15) is 4.79 Å². The van der Waals surface area contributed by atoms with Gasteiger partial charge in [-0.15, -0.1) is 0 Å². The van der Waals surface area contributed by atoms with Crippen LogP contribution in [0.5, 0.6) is 0 Å². The monoisotopic (exact) mass is 308 g/mol. The molecule has 0 unspecified atom stereocenters. The van der Waals surface area contributed by atoms with Crippen molar-refractivity contribution in [1.29, 1.82) is 0 Å². The van der Waals surface area contributed by atoms with E-state index in [1.165, 1.54) is 83.1 Å². The van der Waals surface area contributed by atoms with Crippen LogP contribution in [0.1, 0.15) is 96.8 Å². The summed E-state index contributed by atoms with van der Waals surface area (Å²) in [6.07, 6.45) is 25.6. The molecule has 1 N–H and O–H groups in total. The number of carboxylic acid groups (broad SMARTS) is 1. The van der Waals surface area contributed by atoms with E-state index in [0.717, 1.165) is 12.8 Å². The van der Waals surface area contributed by atoms with Crippen LogP contribution in [0, 0.1) is 0 Å². The standard InChI is InChI=1S/C20H36O2/c1-2-3-4-5-6-7-8-9-10-11-12-13-14-15-16-17-18-19-20(21)22/h14-15,18-19H,2-13,16-17H2,1H3,(H,21,22). The summed E-state index contributed by atoms with van der Waals surface area (Å²) in [5, 5.41) is 8.43. The summed E-state index contributed by atoms with van der Waals surface area (Å²) < 4.78 is 0. The fraction of sp³-hybridized carbons (Fsp3) is 0.750. The van der Waals surface area contributed by atoms with E-state index in [0.29, 0.717) is 0 Å². The Morgan fingerprint density at radius 1 is 0.682 bits per heavy atom. The number of unbranched alkanes of at least 4 members (excludes halogenated alkanes) is 12. The molecule has 0 aromatic rings. The fourth-order valence-corrected chi connectivity index (χ4v) is 2.54. The molecule has 0 atom stereocenters. The van der Waals surface area contributed by atoms with Crippen LogP contribution in [-0.2, 0) is 4.79 Å². The molecule has 0 aliphatic rings. The van der Waals surface area contributed by atoms with Crippen molar-refractivity contribution in [2.45, 2.75) is 96.8 Å². The van der Waals surface area contributed by atoms with Crippen molar-refractivity contribution >= 4 is 5.97 Å². The van der Waals surface area contributed by atoms with Gasteiger partial charge in [0, 0.05) is 6.08 Å². The summed E-state index contributed by atoms with van der Waals surface area (Å²) >= 11 is 0. The number of aliphatic carboxylic acids is 1. The van der Waals surface area contributed by atoms with Crippen LogP contribution in [0.4, 0.5) is 0 Å². The highest BCUT2D eigenvalue weighted by Crippen LogP contribution is 2.12. The molecule has 0 aromatic heterocycles. The van der Waals surface area contributed by atoms with Crippen LogP contribution in [0.15, 0.2) is 24.3 Å². The van der Waals surface area contributed by atoms with E-state index in [-0.39, 0.29) is 0 Å². The predicted molar refractivity (Wildman–Crippen MR) is 96.2 cm³/mol. The van der Waals surface area contributed by atoms with Gasteiger partial charge in [0.05, 0.1) is 0 Å². The van der Waals surface area contributed by atoms with Crippen molar-refractivity contribution in [2.75, 3.05) is 0 Å². The first-order valence-corrected chi connectivity index (χ1v) is 9.31. The quantitative estimate of drug-likeness (QED) is 0.196. The van der Waals surface area contributed by atoms with E-state index in [1.54, 1.807) is 6.08 Å². The van der Waals surface area contributed by atoms with Gasteiger partial charge in [-0.1, -0.05) is 89.4 Å². The molecular formula is C20H36O2. The summed E-state index contributed by atoms with van der Waals surface area (Å²) in [5.41, 5.74) is 0. The summed E-state index contributed by atoms with van der Waals surface area (Å²) in [5.74, 6) is -0.857. The number of rotatable bonds is 16. The molecule has 2 nitrogen and oxygen atoms in total. The second-order valence-electron chi connectivity index (χ2n) is 6.11. The molecule has 0 fully saturated rings. The van der Waals surface area contributed by atoms with Crippen LogP contribution in [0.3, 0.4) is 0 Å². The first-order chi connectivity index (χ1) is 10.8. The molecule has 0 amide bonds. The summed E-state index contributed by atoms with van der Waals surface area (Å²) in [6.45, 7) is 2.27. The third-order valence-corrected chi connectivity index (χ3v) is 3.90. The maximum absolute atomic E-state index is 10.3. The average Bonchev–Trinajstić information content (AvgIpc) is 2.50. The first-order valence-electron chi connectivity index (χ1n) is 9.31. The average molecular weight is 309 g/mol. The highest BCUT2D eigenvalue weighted by molar-refractivity contribution is 5.79. The zero-order valence-corrected chi connectivity index (χ0v) is 14.6. The lowest BCUT2D eigenvalue weighted by Crippen LogP contribution is -1.85. The van der Waals surface area contributed by atoms with E-state index in [1.807, 2.05) is 0 Å². The fourth-order valence-electron chi connectivity index (χ4n) is 2.54. The van der Waals surface area contributed by atoms with Gasteiger partial charge in [0.2, 0.25) is 0 Å². The van der Waals surface area contributed by atoms with Gasteiger partial charge in [0.25, 0.3) is 0 Å². The van der Waals surface area contributed by atoms with Gasteiger partial charge in [-0.25, -0.2) is 4.79 Å². The van der Waals surface area contributed by atoms with E-state index >= 15 is 0 Å². The Bertz CT molecular complexity index is 292. The summed E-state index contributed by atoms with van der Waals surface area (Å²) in [7, 11) is 0. The highest BCUT2D eigenvalue weighted by Gasteiger charge is 1.92. The van der Waals surface area contributed by atoms with Crippen LogP contribution >= 0.6 is 0 Å². The minimum absolute atomic E-state index is 0.820. The predicted octanol–water partition coefficient (Wildman–Crippen LogP) is 6.66. The Kier molecular flexibility index (Phi) is 17.1. The molecule has 0 radical (unpaired) electrons. The molecule has 0 aromatic carbocycles. The molecule has 2 heteroatoms. The Balaban J connectivity index is 3.12. The lowest BCUT2D eigenvalue weighted by Gasteiger charge is -2.01. The van der Waals surface area contributed by atoms with Gasteiger partial charge >= 0.3 is 5.97 Å². The SMILES string of the molecule is CCCCCCCCCCCCCC=CCCC=CC(=O)O. The van der Waals surface area contributed by atoms with Gasteiger partial charge in [-0.3, -0.25) is 0 Å². The van der Waals surface area contributed by atoms with Crippen LogP contribution in [0.2, 0.25) is 0 Å². The largest absolute Gasteiger partial charge is 0.478 e. The molecular weight excluding hydrogens is 272 g/mol. The molecule has 0 saturated carbocycles. The molecule has 0 bridgehead atoms. The topological polar surface area (TPSA) is 37.3 Å². The number of allylic oxidation sites excluding steroid dienone is 3. The summed E-state index contributed by atoms with van der Waals surface area (Å²) in [6, 6.07) is 0. The molecule has 0 rings (SSSR count). The van der Waals surface area contributed by atoms with Crippen LogP contribution < -0.4 is 0 Å². The maximum atomic E-state index is 10.3. The Morgan fingerprint density at radius 3 is 1.68 bits per heavy atom. The second kappa shape index (κ2) is 18.0. The molecule has 0 saturated heterocycles. The van der Waals surface area contributed by atoms with Crippen molar-refractivity contribution in [3.8, 4) is 0 Å². The molecule has 22 heavy (non-hydrogen) atoms. The maximum Gasteiger partial charge on any atom is 0.327 e. The number of carbonyl (C=O) groups is 1. The molecule has 0 aliphatic heterocycles. The Hall–Kier alpha value is -1.05. The lowest BCUT2D eigenvalue weighted by molar-refractivity contribution is -0.131. The number of hydrogen-bond acceptors (Lipinski definition) is 1. The van der Waals surface area contributed by atoms with Gasteiger partial charge in [-0.05, 0) is 25.7 Å². The third-order valence-electron chi connectivity index (χ3n) is 3.90. The van der Waals surface area contributed by atoms with Crippen molar-refractivity contribution in [3.05, 3.63) is 24.3 Å². The van der Waals surface area contributed by atoms with Crippen LogP contribution in [0.25, 0.3) is 0 Å². The van der Waals surface area contributed by atoms with Gasteiger partial charge in [0.1, 0.15) is 0 Å². The van der Waals surface area contributed by atoms with Gasteiger partial charge in [-0.2, -0.15) is 0 Å². The lowest BCUT2D eigenvalue weighted by atomic mass is 10.1. The third kappa shape index (κ3) is 18.9. The molecule has 0 spiro atoms. The van der Waals surface area contributed by atoms with E-state index in [2.05, 4.69) is 19.1 Å². The minimum atomic E-state index is -0.857. The van der Waals surface area contributed by atoms with E-state index < -0.39 is 5.97 Å². The van der Waals surface area contributed by atoms with Crippen molar-refractivity contribution in [3.63, 3.8) is 0 Å². The number of hydrogen-bond donors (Lipinski definition) is 1. The van der Waals surface area contributed by atoms with Gasteiger partial charge in [0.15, 0.2) is 0 Å². The molecule has 0 heterocycles. The van der Waals surface area contributed by atoms with Crippen molar-refractivity contribution in [1.82, 2.24) is 0 Å². The second-order valence-corrected chi connectivity index (χ2v) is 6.11. The number of carboxylic acids is 1. The zero-order chi connectivity index (χ0) is 16.3. The normalized spacial score (nSPS) is 11.7. The first kappa shape index (κ1) is 20.9. The molecule has 0 aliphatic carbocycles. The highest BCUT2D eigenvalue weighted by atomic mass is 16.4. The molecule has 128 valence electrons. The van der Waals surface area contributed by atoms with Crippen molar-refractivity contribution < 1.29 is 9.90 Å². The minimum Gasteiger partial charge on any atom is -0.478 e. The smallest absolute Gasteiger partial charge is 0.327 e. The summed E-state index contributed by atoms with van der Waals surface area (Å²) in [4.78, 5) is 10.3. The zero-order valence-electron chi connectivity index (χ0n) is 14.6. The Labute approximate surface area is 137 Å².